The van der Waals surface area contributed by atoms with Gasteiger partial charge in [-0.3, -0.25) is 24.8 Å². The zero-order valence-electron chi connectivity index (χ0n) is 25.2. The first-order valence-corrected chi connectivity index (χ1v) is 16.9. The van der Waals surface area contributed by atoms with Crippen molar-refractivity contribution in [1.82, 2.24) is 35.6 Å². The number of carbonyl (C=O) groups is 1. The fourth-order valence-corrected chi connectivity index (χ4v) is 9.12. The fourth-order valence-electron chi connectivity index (χ4n) is 7.72. The van der Waals surface area contributed by atoms with Crippen molar-refractivity contribution >= 4 is 17.7 Å². The van der Waals surface area contributed by atoms with Gasteiger partial charge in [0, 0.05) is 76.7 Å². The van der Waals surface area contributed by atoms with E-state index in [0.717, 1.165) is 83.7 Å². The zero-order chi connectivity index (χ0) is 27.9. The number of nitrogens with one attached hydrogen (secondary N) is 3. The van der Waals surface area contributed by atoms with Gasteiger partial charge in [-0.05, 0) is 71.8 Å². The Kier molecular flexibility index (Phi) is 11.8. The second-order valence-corrected chi connectivity index (χ2v) is 13.8. The maximum Gasteiger partial charge on any atom is 0.221 e. The molecule has 11 heteroatoms. The summed E-state index contributed by atoms with van der Waals surface area (Å²) in [4.78, 5) is 23.2. The maximum absolute atomic E-state index is 13.2. The highest BCUT2D eigenvalue weighted by molar-refractivity contribution is 8.00. The fraction of sp³-hybridized carbons (Fsp3) is 0.966. The lowest BCUT2D eigenvalue weighted by molar-refractivity contribution is -0.122. The monoisotopic (exact) mass is 581 g/mol. The van der Waals surface area contributed by atoms with E-state index in [1.165, 1.54) is 25.7 Å². The van der Waals surface area contributed by atoms with Crippen LogP contribution in [0.3, 0.4) is 0 Å². The van der Waals surface area contributed by atoms with Crippen LogP contribution in [-0.2, 0) is 14.3 Å². The molecule has 0 aromatic carbocycles. The Morgan fingerprint density at radius 2 is 1.93 bits per heavy atom. The lowest BCUT2D eigenvalue weighted by Gasteiger charge is -2.49. The molecule has 230 valence electrons. The Morgan fingerprint density at radius 1 is 1.07 bits per heavy atom. The average molecular weight is 582 g/mol. The normalized spacial score (nSPS) is 35.8. The number of fused-ring (bicyclic) bond motifs is 1. The topological polar surface area (TPSA) is 84.6 Å². The van der Waals surface area contributed by atoms with E-state index >= 15 is 0 Å². The van der Waals surface area contributed by atoms with Crippen LogP contribution < -0.4 is 16.0 Å². The molecule has 5 rings (SSSR count). The minimum absolute atomic E-state index is 0.176. The predicted octanol–water partition coefficient (Wildman–Crippen LogP) is 0.297. The lowest BCUT2D eigenvalue weighted by Crippen LogP contribution is -2.63. The lowest BCUT2D eigenvalue weighted by atomic mass is 9.74. The molecule has 4 aliphatic heterocycles. The summed E-state index contributed by atoms with van der Waals surface area (Å²) >= 11 is 2.00. The quantitative estimate of drug-likeness (QED) is 0.335. The summed E-state index contributed by atoms with van der Waals surface area (Å²) < 4.78 is 11.7. The molecule has 0 radical (unpaired) electrons. The number of piperidine rings is 1. The van der Waals surface area contributed by atoms with Gasteiger partial charge in [-0.1, -0.05) is 0 Å². The number of nitrogens with zero attached hydrogens (tertiary/aromatic N) is 4. The van der Waals surface area contributed by atoms with Crippen LogP contribution in [0.25, 0.3) is 0 Å². The Bertz CT molecular complexity index is 789. The van der Waals surface area contributed by atoms with Gasteiger partial charge in [0.1, 0.15) is 5.50 Å². The molecule has 40 heavy (non-hydrogen) atoms. The zero-order valence-corrected chi connectivity index (χ0v) is 26.0. The molecule has 0 bridgehead atoms. The van der Waals surface area contributed by atoms with Crippen molar-refractivity contribution in [1.29, 1.82) is 0 Å². The van der Waals surface area contributed by atoms with Crippen molar-refractivity contribution in [2.45, 2.75) is 74.3 Å². The number of rotatable bonds is 10. The largest absolute Gasteiger partial charge is 0.380 e. The minimum atomic E-state index is 0.176. The molecular formula is C29H55N7O3S. The Morgan fingerprint density at radius 3 is 2.73 bits per heavy atom. The third-order valence-electron chi connectivity index (χ3n) is 9.88. The van der Waals surface area contributed by atoms with Gasteiger partial charge in [0.25, 0.3) is 0 Å². The van der Waals surface area contributed by atoms with Gasteiger partial charge in [0.2, 0.25) is 5.91 Å². The highest BCUT2D eigenvalue weighted by Crippen LogP contribution is 2.35. The highest BCUT2D eigenvalue weighted by Gasteiger charge is 2.44. The first-order chi connectivity index (χ1) is 19.5. The van der Waals surface area contributed by atoms with Crippen LogP contribution in [-0.4, -0.2) is 160 Å². The summed E-state index contributed by atoms with van der Waals surface area (Å²) in [6.07, 6.45) is 7.10. The number of hydrogen-bond donors (Lipinski definition) is 3. The smallest absolute Gasteiger partial charge is 0.221 e. The van der Waals surface area contributed by atoms with E-state index in [2.05, 4.69) is 49.6 Å². The Labute approximate surface area is 246 Å². The molecule has 10 nitrogen and oxygen atoms in total. The third-order valence-corrected chi connectivity index (χ3v) is 11.2. The third kappa shape index (κ3) is 7.90. The number of ether oxygens (including phenoxy) is 2. The second-order valence-electron chi connectivity index (χ2n) is 12.7. The van der Waals surface area contributed by atoms with E-state index in [1.807, 2.05) is 18.9 Å². The molecule has 5 aliphatic rings. The molecule has 1 saturated carbocycles. The highest BCUT2D eigenvalue weighted by atomic mass is 32.2. The van der Waals surface area contributed by atoms with Gasteiger partial charge in [0.15, 0.2) is 0 Å². The molecular weight excluding hydrogens is 526 g/mol. The first-order valence-electron chi connectivity index (χ1n) is 15.9. The number of amides is 1. The Hall–Kier alpha value is -0.500. The van der Waals surface area contributed by atoms with Gasteiger partial charge in [-0.25, -0.2) is 0 Å². The van der Waals surface area contributed by atoms with Crippen LogP contribution in [0.5, 0.6) is 0 Å². The average Bonchev–Trinajstić information content (AvgIpc) is 3.34. The summed E-state index contributed by atoms with van der Waals surface area (Å²) in [5.74, 6) is 2.00. The van der Waals surface area contributed by atoms with E-state index in [-0.39, 0.29) is 11.9 Å². The summed E-state index contributed by atoms with van der Waals surface area (Å²) in [7, 11) is 6.01. The molecule has 0 aromatic heterocycles. The molecule has 7 unspecified atom stereocenters. The van der Waals surface area contributed by atoms with Gasteiger partial charge >= 0.3 is 0 Å². The van der Waals surface area contributed by atoms with E-state index in [4.69, 9.17) is 9.47 Å². The molecule has 1 aliphatic carbocycles. The van der Waals surface area contributed by atoms with E-state index < -0.39 is 0 Å². The van der Waals surface area contributed by atoms with Crippen molar-refractivity contribution in [3.63, 3.8) is 0 Å². The summed E-state index contributed by atoms with van der Waals surface area (Å²) in [5.41, 5.74) is 0.315. The molecule has 3 N–H and O–H groups in total. The molecule has 4 heterocycles. The van der Waals surface area contributed by atoms with Crippen molar-refractivity contribution < 1.29 is 14.3 Å². The number of morpholine rings is 1. The van der Waals surface area contributed by atoms with Crippen molar-refractivity contribution in [3.8, 4) is 0 Å². The van der Waals surface area contributed by atoms with Gasteiger partial charge in [0.05, 0.1) is 25.4 Å². The molecule has 0 aromatic rings. The first kappa shape index (κ1) is 30.9. The van der Waals surface area contributed by atoms with Crippen LogP contribution in [0.2, 0.25) is 0 Å². The van der Waals surface area contributed by atoms with Gasteiger partial charge in [-0.2, -0.15) is 0 Å². The van der Waals surface area contributed by atoms with Gasteiger partial charge in [-0.15, -0.1) is 11.8 Å². The van der Waals surface area contributed by atoms with Crippen LogP contribution in [0, 0.1) is 5.92 Å². The van der Waals surface area contributed by atoms with E-state index in [0.29, 0.717) is 42.7 Å². The van der Waals surface area contributed by atoms with Crippen molar-refractivity contribution in [3.05, 3.63) is 0 Å². The SMILES string of the molecule is COC1CCC2CCCNC2C1N1CCCN(C(CC(=O)NCCN(C)C)C2CSC(N3CCOCC3)N2)CC1. The van der Waals surface area contributed by atoms with Crippen LogP contribution in [0.1, 0.15) is 38.5 Å². The number of hydrogen-bond acceptors (Lipinski definition) is 10. The summed E-state index contributed by atoms with van der Waals surface area (Å²) in [6.45, 7) is 10.5. The number of carbonyl (C=O) groups excluding carboxylic acids is 1. The summed E-state index contributed by atoms with van der Waals surface area (Å²) in [6, 6.07) is 1.49. The second kappa shape index (κ2) is 15.3. The van der Waals surface area contributed by atoms with Crippen LogP contribution >= 0.6 is 11.8 Å². The van der Waals surface area contributed by atoms with Crippen molar-refractivity contribution in [2.24, 2.45) is 5.92 Å². The van der Waals surface area contributed by atoms with Crippen molar-refractivity contribution in [2.75, 3.05) is 99.1 Å². The summed E-state index contributed by atoms with van der Waals surface area (Å²) in [5, 5.41) is 11.0. The maximum atomic E-state index is 13.2. The number of methoxy groups -OCH3 is 1. The van der Waals surface area contributed by atoms with Crippen LogP contribution in [0.15, 0.2) is 0 Å². The molecule has 0 spiro atoms. The number of likely N-dealkylation sites (N-methyl/N-ethyl adjacent to an activating group) is 1. The molecule has 5 fully saturated rings. The molecule has 7 atom stereocenters. The standard InChI is InChI=1S/C29H55N7O3S/c1-33(2)13-10-30-26(37)20-24(23-21-40-29(32-23)36-16-18-39-19-17-36)34-11-5-12-35(15-14-34)28-25(38-3)8-7-22-6-4-9-31-27(22)28/h22-25,27-29,31-32H,4-21H2,1-3H3,(H,30,37). The minimum Gasteiger partial charge on any atom is -0.380 e. The number of thioether (sulfide) groups is 1. The molecule has 4 saturated heterocycles. The van der Waals surface area contributed by atoms with Gasteiger partial charge < -0.3 is 25.0 Å². The Balaban J connectivity index is 1.25. The molecule has 1 amide bonds. The van der Waals surface area contributed by atoms with Crippen LogP contribution in [0.4, 0.5) is 0 Å². The van der Waals surface area contributed by atoms with E-state index in [9.17, 15) is 4.79 Å². The van der Waals surface area contributed by atoms with E-state index in [1.54, 1.807) is 0 Å². The predicted molar refractivity (Wildman–Crippen MR) is 162 cm³/mol.